The van der Waals surface area contributed by atoms with Crippen molar-refractivity contribution in [2.24, 2.45) is 0 Å². The first-order valence-electron chi connectivity index (χ1n) is 8.34. The molecule has 0 unspecified atom stereocenters. The Bertz CT molecular complexity index is 430. The van der Waals surface area contributed by atoms with Crippen molar-refractivity contribution in [3.63, 3.8) is 0 Å². The number of hydrogen-bond acceptors (Lipinski definition) is 3. The Kier molecular flexibility index (Phi) is 7.24. The molecule has 0 atom stereocenters. The Balaban J connectivity index is 1.52. The van der Waals surface area contributed by atoms with Gasteiger partial charge in [0.15, 0.2) is 0 Å². The lowest BCUT2D eigenvalue weighted by Gasteiger charge is -2.26. The van der Waals surface area contributed by atoms with Crippen LogP contribution in [0.4, 0.5) is 0 Å². The molecule has 118 valence electrons. The molecule has 0 radical (unpaired) electrons. The quantitative estimate of drug-likeness (QED) is 0.707. The van der Waals surface area contributed by atoms with Crippen LogP contribution in [0.2, 0.25) is 0 Å². The second-order valence-electron chi connectivity index (χ2n) is 5.91. The fourth-order valence-corrected chi connectivity index (χ4v) is 3.72. The summed E-state index contributed by atoms with van der Waals surface area (Å²) in [6, 6.07) is 2.24. The molecule has 1 N–H and O–H groups in total. The molecule has 0 spiro atoms. The molecule has 0 aliphatic carbocycles. The Morgan fingerprint density at radius 1 is 1.33 bits per heavy atom. The highest BCUT2D eigenvalue weighted by molar-refractivity contribution is 7.10. The van der Waals surface area contributed by atoms with Gasteiger partial charge in [0.25, 0.3) is 0 Å². The Morgan fingerprint density at radius 3 is 3.05 bits per heavy atom. The van der Waals surface area contributed by atoms with E-state index in [0.29, 0.717) is 6.42 Å². The van der Waals surface area contributed by atoms with Crippen molar-refractivity contribution < 1.29 is 4.79 Å². The number of rotatable bonds is 9. The summed E-state index contributed by atoms with van der Waals surface area (Å²) in [5.74, 6) is 0.222. The number of hydrogen-bond donors (Lipinski definition) is 1. The van der Waals surface area contributed by atoms with E-state index in [0.717, 1.165) is 32.6 Å². The highest BCUT2D eigenvalue weighted by Gasteiger charge is 2.16. The van der Waals surface area contributed by atoms with Gasteiger partial charge in [0.05, 0.1) is 0 Å². The first kappa shape index (κ1) is 16.5. The van der Waals surface area contributed by atoms with Crippen molar-refractivity contribution in [3.8, 4) is 0 Å². The lowest BCUT2D eigenvalue weighted by Crippen LogP contribution is -2.37. The van der Waals surface area contributed by atoms with Gasteiger partial charge in [-0.3, -0.25) is 9.69 Å². The lowest BCUT2D eigenvalue weighted by molar-refractivity contribution is -0.121. The number of unbranched alkanes of at least 4 members (excludes halogenated alkanes) is 4. The number of carbonyl (C=O) groups is 1. The van der Waals surface area contributed by atoms with Gasteiger partial charge in [0.1, 0.15) is 0 Å². The van der Waals surface area contributed by atoms with Crippen molar-refractivity contribution in [2.45, 2.75) is 58.4 Å². The Hall–Kier alpha value is -0.870. The molecular weight excluding hydrogens is 280 g/mol. The van der Waals surface area contributed by atoms with Crippen molar-refractivity contribution in [3.05, 3.63) is 21.9 Å². The zero-order chi connectivity index (χ0) is 14.9. The highest BCUT2D eigenvalue weighted by Crippen LogP contribution is 2.23. The lowest BCUT2D eigenvalue weighted by atomic mass is 10.1. The summed E-state index contributed by atoms with van der Waals surface area (Å²) >= 11 is 1.87. The number of fused-ring (bicyclic) bond motifs is 1. The van der Waals surface area contributed by atoms with Crippen LogP contribution in [0.15, 0.2) is 11.4 Å². The van der Waals surface area contributed by atoms with Crippen molar-refractivity contribution in [2.75, 3.05) is 19.6 Å². The molecule has 0 saturated heterocycles. The molecule has 0 bridgehead atoms. The summed E-state index contributed by atoms with van der Waals surface area (Å²) in [5, 5.41) is 5.25. The van der Waals surface area contributed by atoms with Crippen LogP contribution in [0.25, 0.3) is 0 Å². The smallest absolute Gasteiger partial charge is 0.220 e. The molecule has 1 aliphatic heterocycles. The van der Waals surface area contributed by atoms with Crippen LogP contribution in [0.5, 0.6) is 0 Å². The standard InChI is InChI=1S/C17H28N2OS/c1-2-3-4-5-6-7-17(20)18-10-12-19-11-8-16-15(14-19)9-13-21-16/h9,13H,2-8,10-12,14H2,1H3,(H,18,20). The van der Waals surface area contributed by atoms with Crippen molar-refractivity contribution in [1.82, 2.24) is 10.2 Å². The Labute approximate surface area is 132 Å². The average Bonchev–Trinajstić information content (AvgIpc) is 2.94. The molecular formula is C17H28N2OS. The minimum absolute atomic E-state index is 0.222. The SMILES string of the molecule is CCCCCCCC(=O)NCCN1CCc2sccc2C1. The van der Waals surface area contributed by atoms with Crippen LogP contribution in [0.1, 0.15) is 55.9 Å². The van der Waals surface area contributed by atoms with Gasteiger partial charge in [-0.15, -0.1) is 11.3 Å². The fraction of sp³-hybridized carbons (Fsp3) is 0.706. The molecule has 1 aromatic rings. The number of carbonyl (C=O) groups excluding carboxylic acids is 1. The van der Waals surface area contributed by atoms with E-state index in [2.05, 4.69) is 28.6 Å². The molecule has 1 amide bonds. The van der Waals surface area contributed by atoms with Gasteiger partial charge in [-0.05, 0) is 29.9 Å². The monoisotopic (exact) mass is 308 g/mol. The normalized spacial score (nSPS) is 14.9. The van der Waals surface area contributed by atoms with Crippen LogP contribution in [-0.2, 0) is 17.8 Å². The van der Waals surface area contributed by atoms with Crippen LogP contribution in [-0.4, -0.2) is 30.4 Å². The maximum Gasteiger partial charge on any atom is 0.220 e. The average molecular weight is 308 g/mol. The molecule has 1 aromatic heterocycles. The second kappa shape index (κ2) is 9.21. The highest BCUT2D eigenvalue weighted by atomic mass is 32.1. The number of thiophene rings is 1. The molecule has 0 aromatic carbocycles. The summed E-state index contributed by atoms with van der Waals surface area (Å²) in [5.41, 5.74) is 1.48. The summed E-state index contributed by atoms with van der Waals surface area (Å²) in [7, 11) is 0. The van der Waals surface area contributed by atoms with Gasteiger partial charge < -0.3 is 5.32 Å². The first-order valence-corrected chi connectivity index (χ1v) is 9.22. The number of amides is 1. The zero-order valence-corrected chi connectivity index (χ0v) is 14.0. The van der Waals surface area contributed by atoms with Gasteiger partial charge in [0, 0.05) is 37.5 Å². The van der Waals surface area contributed by atoms with Crippen molar-refractivity contribution in [1.29, 1.82) is 0 Å². The van der Waals surface area contributed by atoms with E-state index < -0.39 is 0 Å². The van der Waals surface area contributed by atoms with Crippen LogP contribution < -0.4 is 5.32 Å². The van der Waals surface area contributed by atoms with E-state index >= 15 is 0 Å². The maximum atomic E-state index is 11.7. The second-order valence-corrected chi connectivity index (χ2v) is 6.91. The summed E-state index contributed by atoms with van der Waals surface area (Å²) < 4.78 is 0. The van der Waals surface area contributed by atoms with E-state index in [1.807, 2.05) is 11.3 Å². The molecule has 4 heteroatoms. The third-order valence-corrected chi connectivity index (χ3v) is 5.17. The molecule has 21 heavy (non-hydrogen) atoms. The van der Waals surface area contributed by atoms with Gasteiger partial charge >= 0.3 is 0 Å². The molecule has 0 fully saturated rings. The summed E-state index contributed by atoms with van der Waals surface area (Å²) in [4.78, 5) is 15.7. The largest absolute Gasteiger partial charge is 0.355 e. The zero-order valence-electron chi connectivity index (χ0n) is 13.2. The Morgan fingerprint density at radius 2 is 2.19 bits per heavy atom. The predicted molar refractivity (Wildman–Crippen MR) is 89.7 cm³/mol. The van der Waals surface area contributed by atoms with E-state index in [1.54, 1.807) is 4.88 Å². The van der Waals surface area contributed by atoms with Gasteiger partial charge in [-0.25, -0.2) is 0 Å². The van der Waals surface area contributed by atoms with E-state index in [1.165, 1.54) is 37.7 Å². The van der Waals surface area contributed by atoms with Crippen molar-refractivity contribution >= 4 is 17.2 Å². The summed E-state index contributed by atoms with van der Waals surface area (Å²) in [6.45, 7) is 6.14. The molecule has 2 rings (SSSR count). The maximum absolute atomic E-state index is 11.7. The third-order valence-electron chi connectivity index (χ3n) is 4.14. The molecule has 1 aliphatic rings. The minimum Gasteiger partial charge on any atom is -0.355 e. The minimum atomic E-state index is 0.222. The van der Waals surface area contributed by atoms with Gasteiger partial charge in [-0.1, -0.05) is 32.6 Å². The molecule has 0 saturated carbocycles. The first-order chi connectivity index (χ1) is 10.3. The van der Waals surface area contributed by atoms with Crippen LogP contribution >= 0.6 is 11.3 Å². The van der Waals surface area contributed by atoms with E-state index in [9.17, 15) is 4.79 Å². The predicted octanol–water partition coefficient (Wildman–Crippen LogP) is 3.58. The van der Waals surface area contributed by atoms with E-state index in [4.69, 9.17) is 0 Å². The van der Waals surface area contributed by atoms with Gasteiger partial charge in [0.2, 0.25) is 5.91 Å². The summed E-state index contributed by atoms with van der Waals surface area (Å²) in [6.07, 6.45) is 7.90. The topological polar surface area (TPSA) is 32.3 Å². The van der Waals surface area contributed by atoms with Gasteiger partial charge in [-0.2, -0.15) is 0 Å². The van der Waals surface area contributed by atoms with Crippen LogP contribution in [0.3, 0.4) is 0 Å². The fourth-order valence-electron chi connectivity index (χ4n) is 2.83. The molecule has 3 nitrogen and oxygen atoms in total. The third kappa shape index (κ3) is 5.79. The molecule has 2 heterocycles. The van der Waals surface area contributed by atoms with E-state index in [-0.39, 0.29) is 5.91 Å². The number of nitrogens with one attached hydrogen (secondary N) is 1. The number of nitrogens with zero attached hydrogens (tertiary/aromatic N) is 1. The van der Waals surface area contributed by atoms with Crippen LogP contribution in [0, 0.1) is 0 Å².